The molecule has 94 valence electrons. The van der Waals surface area contributed by atoms with Crippen LogP contribution >= 0.6 is 31.9 Å². The van der Waals surface area contributed by atoms with Crippen LogP contribution in [0.3, 0.4) is 0 Å². The van der Waals surface area contributed by atoms with Crippen LogP contribution in [-0.4, -0.2) is 4.21 Å². The van der Waals surface area contributed by atoms with Crippen molar-refractivity contribution in [2.75, 3.05) is 5.73 Å². The number of hydrogen-bond acceptors (Lipinski definition) is 2. The highest BCUT2D eigenvalue weighted by atomic mass is 79.9. The summed E-state index contributed by atoms with van der Waals surface area (Å²) in [5.74, 6) is 0.447. The van der Waals surface area contributed by atoms with Crippen LogP contribution < -0.4 is 5.73 Å². The number of nitrogen functional groups attached to an aromatic ring is 1. The summed E-state index contributed by atoms with van der Waals surface area (Å²) >= 11 is 6.82. The Hall–Kier alpha value is -0.650. The van der Waals surface area contributed by atoms with Crippen molar-refractivity contribution in [3.05, 3.63) is 57.0 Å². The van der Waals surface area contributed by atoms with Gasteiger partial charge in [0.2, 0.25) is 0 Å². The van der Waals surface area contributed by atoms with E-state index in [1.54, 1.807) is 6.07 Å². The molecule has 0 fully saturated rings. The van der Waals surface area contributed by atoms with Gasteiger partial charge in [-0.2, -0.15) is 0 Å². The molecule has 0 aliphatic rings. The highest BCUT2D eigenvalue weighted by Gasteiger charge is 2.11. The molecule has 2 nitrogen and oxygen atoms in total. The van der Waals surface area contributed by atoms with Crippen LogP contribution in [0, 0.1) is 0 Å². The van der Waals surface area contributed by atoms with Crippen molar-refractivity contribution >= 4 is 48.3 Å². The topological polar surface area (TPSA) is 43.1 Å². The highest BCUT2D eigenvalue weighted by molar-refractivity contribution is 9.10. The van der Waals surface area contributed by atoms with Crippen LogP contribution in [-0.2, 0) is 16.6 Å². The van der Waals surface area contributed by atoms with Gasteiger partial charge < -0.3 is 5.73 Å². The fourth-order valence-corrected chi connectivity index (χ4v) is 3.94. The first-order valence-electron chi connectivity index (χ1n) is 5.25. The van der Waals surface area contributed by atoms with Crippen molar-refractivity contribution < 1.29 is 4.21 Å². The van der Waals surface area contributed by atoms with E-state index < -0.39 is 10.8 Å². The fraction of sp³-hybridized carbons (Fsp3) is 0.0769. The summed E-state index contributed by atoms with van der Waals surface area (Å²) in [5, 5.41) is 0. The molecule has 0 saturated carbocycles. The largest absolute Gasteiger partial charge is 0.398 e. The predicted octanol–water partition coefficient (Wildman–Crippen LogP) is 4.10. The van der Waals surface area contributed by atoms with Gasteiger partial charge in [-0.1, -0.05) is 50.1 Å². The average molecular weight is 389 g/mol. The summed E-state index contributed by atoms with van der Waals surface area (Å²) in [7, 11) is -1.15. The van der Waals surface area contributed by atoms with Crippen molar-refractivity contribution in [2.45, 2.75) is 10.6 Å². The fourth-order valence-electron chi connectivity index (χ4n) is 1.54. The first-order chi connectivity index (χ1) is 8.58. The molecular formula is C13H11Br2NOS. The van der Waals surface area contributed by atoms with Crippen LogP contribution in [0.1, 0.15) is 5.56 Å². The third-order valence-corrected chi connectivity index (χ3v) is 5.15. The Bertz CT molecular complexity index is 601. The Balaban J connectivity index is 2.28. The lowest BCUT2D eigenvalue weighted by molar-refractivity contribution is 0.683. The van der Waals surface area contributed by atoms with Gasteiger partial charge in [0.25, 0.3) is 0 Å². The lowest BCUT2D eigenvalue weighted by Crippen LogP contribution is -2.01. The molecule has 18 heavy (non-hydrogen) atoms. The van der Waals surface area contributed by atoms with Gasteiger partial charge in [0, 0.05) is 14.6 Å². The maximum atomic E-state index is 12.3. The standard InChI is InChI=1S/C13H11Br2NOS/c14-10-5-6-12(16)13(7-10)18(17)8-9-3-1-2-4-11(9)15/h1-7H,8,16H2. The van der Waals surface area contributed by atoms with E-state index in [2.05, 4.69) is 31.9 Å². The first kappa shape index (κ1) is 13.8. The lowest BCUT2D eigenvalue weighted by Gasteiger charge is -2.07. The van der Waals surface area contributed by atoms with E-state index in [-0.39, 0.29) is 0 Å². The highest BCUT2D eigenvalue weighted by Crippen LogP contribution is 2.25. The molecule has 0 amide bonds. The number of rotatable bonds is 3. The van der Waals surface area contributed by atoms with Crippen LogP contribution in [0.25, 0.3) is 0 Å². The number of hydrogen-bond donors (Lipinski definition) is 1. The van der Waals surface area contributed by atoms with Crippen molar-refractivity contribution in [3.8, 4) is 0 Å². The zero-order valence-corrected chi connectivity index (χ0v) is 13.4. The molecule has 0 saturated heterocycles. The van der Waals surface area contributed by atoms with Crippen molar-refractivity contribution in [1.29, 1.82) is 0 Å². The Morgan fingerprint density at radius 3 is 2.56 bits per heavy atom. The molecule has 2 aromatic carbocycles. The Labute approximate surface area is 125 Å². The molecule has 5 heteroatoms. The van der Waals surface area contributed by atoms with Gasteiger partial charge in [-0.3, -0.25) is 4.21 Å². The number of benzene rings is 2. The Morgan fingerprint density at radius 1 is 1.11 bits per heavy atom. The summed E-state index contributed by atoms with van der Waals surface area (Å²) in [6.45, 7) is 0. The van der Waals surface area contributed by atoms with Crippen molar-refractivity contribution in [3.63, 3.8) is 0 Å². The Kier molecular flexibility index (Phi) is 4.59. The van der Waals surface area contributed by atoms with E-state index in [0.29, 0.717) is 16.3 Å². The summed E-state index contributed by atoms with van der Waals surface area (Å²) in [6.07, 6.45) is 0. The van der Waals surface area contributed by atoms with E-state index in [9.17, 15) is 4.21 Å². The normalized spacial score (nSPS) is 12.3. The summed E-state index contributed by atoms with van der Waals surface area (Å²) in [5.41, 5.74) is 7.42. The molecule has 0 spiro atoms. The molecule has 0 aliphatic carbocycles. The van der Waals surface area contributed by atoms with E-state index in [1.807, 2.05) is 36.4 Å². The molecule has 1 unspecified atom stereocenters. The minimum atomic E-state index is -1.15. The zero-order valence-electron chi connectivity index (χ0n) is 9.40. The first-order valence-corrected chi connectivity index (χ1v) is 8.15. The SMILES string of the molecule is Nc1ccc(Br)cc1S(=O)Cc1ccccc1Br. The summed E-state index contributed by atoms with van der Waals surface area (Å²) < 4.78 is 14.2. The van der Waals surface area contributed by atoms with Crippen LogP contribution in [0.2, 0.25) is 0 Å². The number of anilines is 1. The van der Waals surface area contributed by atoms with Gasteiger partial charge >= 0.3 is 0 Å². The summed E-state index contributed by atoms with van der Waals surface area (Å²) in [6, 6.07) is 13.2. The third kappa shape index (κ3) is 3.22. The smallest absolute Gasteiger partial charge is 0.0632 e. The van der Waals surface area contributed by atoms with Crippen molar-refractivity contribution in [2.24, 2.45) is 0 Å². The summed E-state index contributed by atoms with van der Waals surface area (Å²) in [4.78, 5) is 0.667. The van der Waals surface area contributed by atoms with Gasteiger partial charge in [-0.05, 0) is 29.8 Å². The van der Waals surface area contributed by atoms with Gasteiger partial charge in [0.05, 0.1) is 21.4 Å². The molecule has 0 aromatic heterocycles. The molecule has 0 heterocycles. The zero-order chi connectivity index (χ0) is 13.1. The van der Waals surface area contributed by atoms with Gasteiger partial charge in [0.1, 0.15) is 0 Å². The van der Waals surface area contributed by atoms with E-state index in [1.165, 1.54) is 0 Å². The predicted molar refractivity (Wildman–Crippen MR) is 82.8 cm³/mol. The van der Waals surface area contributed by atoms with Gasteiger partial charge in [-0.25, -0.2) is 0 Å². The number of halogens is 2. The quantitative estimate of drug-likeness (QED) is 0.804. The lowest BCUT2D eigenvalue weighted by atomic mass is 10.2. The van der Waals surface area contributed by atoms with Crippen LogP contribution in [0.4, 0.5) is 5.69 Å². The maximum Gasteiger partial charge on any atom is 0.0632 e. The van der Waals surface area contributed by atoms with Gasteiger partial charge in [0.15, 0.2) is 0 Å². The van der Waals surface area contributed by atoms with Crippen LogP contribution in [0.5, 0.6) is 0 Å². The molecule has 0 radical (unpaired) electrons. The second kappa shape index (κ2) is 5.99. The van der Waals surface area contributed by atoms with E-state index in [4.69, 9.17) is 5.73 Å². The molecule has 2 aromatic rings. The Morgan fingerprint density at radius 2 is 1.83 bits per heavy atom. The molecule has 1 atom stereocenters. The van der Waals surface area contributed by atoms with Crippen LogP contribution in [0.15, 0.2) is 56.3 Å². The van der Waals surface area contributed by atoms with Gasteiger partial charge in [-0.15, -0.1) is 0 Å². The van der Waals surface area contributed by atoms with E-state index >= 15 is 0 Å². The van der Waals surface area contributed by atoms with E-state index in [0.717, 1.165) is 14.5 Å². The monoisotopic (exact) mass is 387 g/mol. The molecule has 0 bridgehead atoms. The molecule has 2 rings (SSSR count). The minimum absolute atomic E-state index is 0.447. The average Bonchev–Trinajstić information content (AvgIpc) is 2.35. The third-order valence-electron chi connectivity index (χ3n) is 2.47. The maximum absolute atomic E-state index is 12.3. The second-order valence-electron chi connectivity index (χ2n) is 3.76. The molecule has 2 N–H and O–H groups in total. The minimum Gasteiger partial charge on any atom is -0.398 e. The number of nitrogens with two attached hydrogens (primary N) is 1. The molecule has 0 aliphatic heterocycles. The second-order valence-corrected chi connectivity index (χ2v) is 6.95. The molecular weight excluding hydrogens is 378 g/mol. The van der Waals surface area contributed by atoms with Crippen molar-refractivity contribution in [1.82, 2.24) is 0 Å².